The second-order valence-electron chi connectivity index (χ2n) is 5.57. The molecule has 1 nitrogen and oxygen atoms in total. The molecule has 0 aliphatic rings. The molecule has 0 spiro atoms. The summed E-state index contributed by atoms with van der Waals surface area (Å²) in [4.78, 5) is 0. The maximum absolute atomic E-state index is 9.68. The number of hydrogen-bond donors (Lipinski definition) is 0. The third kappa shape index (κ3) is 2.64. The van der Waals surface area contributed by atoms with Crippen LogP contribution in [0.15, 0.2) is 66.7 Å². The Morgan fingerprint density at radius 2 is 1.05 bits per heavy atom. The van der Waals surface area contributed by atoms with Gasteiger partial charge in [0.25, 0.3) is 0 Å². The molecule has 3 rings (SSSR count). The molecule has 0 saturated carbocycles. The van der Waals surface area contributed by atoms with Crippen molar-refractivity contribution in [2.45, 2.75) is 13.8 Å². The fourth-order valence-corrected chi connectivity index (χ4v) is 2.62. The van der Waals surface area contributed by atoms with E-state index in [1.54, 1.807) is 0 Å². The van der Waals surface area contributed by atoms with E-state index in [1.807, 2.05) is 18.2 Å². The van der Waals surface area contributed by atoms with E-state index in [9.17, 15) is 5.26 Å². The van der Waals surface area contributed by atoms with Crippen molar-refractivity contribution in [2.24, 2.45) is 0 Å². The first-order valence-corrected chi connectivity index (χ1v) is 7.36. The lowest BCUT2D eigenvalue weighted by Gasteiger charge is -2.10. The summed E-state index contributed by atoms with van der Waals surface area (Å²) < 4.78 is 0. The molecule has 0 amide bonds. The van der Waals surface area contributed by atoms with Crippen molar-refractivity contribution in [1.82, 2.24) is 0 Å². The molecule has 0 heterocycles. The van der Waals surface area contributed by atoms with Gasteiger partial charge in [-0.3, -0.25) is 0 Å². The average molecular weight is 283 g/mol. The topological polar surface area (TPSA) is 23.8 Å². The minimum absolute atomic E-state index is 0.732. The molecule has 0 aliphatic heterocycles. The predicted octanol–water partition coefficient (Wildman–Crippen LogP) is 5.51. The Bertz CT molecular complexity index is 771. The normalized spacial score (nSPS) is 10.2. The fraction of sp³-hybridized carbons (Fsp3) is 0.0952. The Labute approximate surface area is 131 Å². The van der Waals surface area contributed by atoms with Crippen LogP contribution in [0.3, 0.4) is 0 Å². The van der Waals surface area contributed by atoms with Crippen molar-refractivity contribution >= 4 is 0 Å². The minimum atomic E-state index is 0.732. The number of aryl methyl sites for hydroxylation is 2. The van der Waals surface area contributed by atoms with E-state index in [2.05, 4.69) is 68.4 Å². The maximum atomic E-state index is 9.68. The zero-order chi connectivity index (χ0) is 15.5. The predicted molar refractivity (Wildman–Crippen MR) is 91.5 cm³/mol. The van der Waals surface area contributed by atoms with Crippen molar-refractivity contribution in [3.8, 4) is 28.3 Å². The fourth-order valence-electron chi connectivity index (χ4n) is 2.62. The largest absolute Gasteiger partial charge is 0.192 e. The molecule has 0 radical (unpaired) electrons. The van der Waals surface area contributed by atoms with Gasteiger partial charge in [0.15, 0.2) is 0 Å². The van der Waals surface area contributed by atoms with Gasteiger partial charge in [0.2, 0.25) is 0 Å². The van der Waals surface area contributed by atoms with Crippen LogP contribution in [-0.2, 0) is 0 Å². The van der Waals surface area contributed by atoms with Crippen LogP contribution in [0.1, 0.15) is 16.7 Å². The Hall–Kier alpha value is -2.85. The van der Waals surface area contributed by atoms with Crippen molar-refractivity contribution in [3.63, 3.8) is 0 Å². The van der Waals surface area contributed by atoms with Crippen molar-refractivity contribution in [3.05, 3.63) is 83.4 Å². The molecule has 22 heavy (non-hydrogen) atoms. The first kappa shape index (κ1) is 14.1. The molecule has 0 atom stereocenters. The second-order valence-corrected chi connectivity index (χ2v) is 5.57. The molecule has 1 heteroatoms. The van der Waals surface area contributed by atoms with Gasteiger partial charge in [-0.2, -0.15) is 5.26 Å². The summed E-state index contributed by atoms with van der Waals surface area (Å²) in [5.41, 5.74) is 7.30. The highest BCUT2D eigenvalue weighted by atomic mass is 14.3. The molecule has 3 aromatic carbocycles. The van der Waals surface area contributed by atoms with Crippen molar-refractivity contribution < 1.29 is 0 Å². The van der Waals surface area contributed by atoms with Gasteiger partial charge in [-0.1, -0.05) is 77.9 Å². The molecule has 106 valence electrons. The average Bonchev–Trinajstić information content (AvgIpc) is 2.55. The standard InChI is InChI=1S/C21H17N/c1-15-6-10-17(11-7-15)19-4-3-5-20(21(19)14-22)18-12-8-16(2)9-13-18/h3-13H,1-2H3. The molecule has 0 unspecified atom stereocenters. The summed E-state index contributed by atoms with van der Waals surface area (Å²) in [6.07, 6.45) is 0. The first-order valence-electron chi connectivity index (χ1n) is 7.36. The number of nitrogens with zero attached hydrogens (tertiary/aromatic N) is 1. The van der Waals surface area contributed by atoms with Crippen LogP contribution in [-0.4, -0.2) is 0 Å². The van der Waals surface area contributed by atoms with Gasteiger partial charge in [0, 0.05) is 11.1 Å². The first-order chi connectivity index (χ1) is 10.7. The summed E-state index contributed by atoms with van der Waals surface area (Å²) in [6.45, 7) is 4.13. The van der Waals surface area contributed by atoms with Crippen LogP contribution >= 0.6 is 0 Å². The lowest BCUT2D eigenvalue weighted by atomic mass is 9.92. The van der Waals surface area contributed by atoms with Gasteiger partial charge in [-0.15, -0.1) is 0 Å². The van der Waals surface area contributed by atoms with E-state index < -0.39 is 0 Å². The van der Waals surface area contributed by atoms with E-state index in [0.717, 1.165) is 27.8 Å². The Morgan fingerprint density at radius 1 is 0.636 bits per heavy atom. The third-order valence-electron chi connectivity index (χ3n) is 3.90. The lowest BCUT2D eigenvalue weighted by Crippen LogP contribution is -1.90. The second kappa shape index (κ2) is 5.87. The van der Waals surface area contributed by atoms with E-state index in [4.69, 9.17) is 0 Å². The monoisotopic (exact) mass is 283 g/mol. The number of hydrogen-bond acceptors (Lipinski definition) is 1. The van der Waals surface area contributed by atoms with E-state index >= 15 is 0 Å². The smallest absolute Gasteiger partial charge is 0.100 e. The van der Waals surface area contributed by atoms with Gasteiger partial charge < -0.3 is 0 Å². The quantitative estimate of drug-likeness (QED) is 0.608. The zero-order valence-corrected chi connectivity index (χ0v) is 12.8. The Kier molecular flexibility index (Phi) is 3.76. The number of benzene rings is 3. The zero-order valence-electron chi connectivity index (χ0n) is 12.8. The summed E-state index contributed by atoms with van der Waals surface area (Å²) >= 11 is 0. The van der Waals surface area contributed by atoms with Crippen LogP contribution in [0.5, 0.6) is 0 Å². The molecule has 0 N–H and O–H groups in total. The maximum Gasteiger partial charge on any atom is 0.100 e. The van der Waals surface area contributed by atoms with Gasteiger partial charge >= 0.3 is 0 Å². The minimum Gasteiger partial charge on any atom is -0.192 e. The van der Waals surface area contributed by atoms with Gasteiger partial charge in [-0.25, -0.2) is 0 Å². The number of rotatable bonds is 2. The third-order valence-corrected chi connectivity index (χ3v) is 3.90. The SMILES string of the molecule is Cc1ccc(-c2cccc(-c3ccc(C)cc3)c2C#N)cc1. The van der Waals surface area contributed by atoms with Crippen LogP contribution in [0.2, 0.25) is 0 Å². The highest BCUT2D eigenvalue weighted by Gasteiger charge is 2.11. The van der Waals surface area contributed by atoms with Crippen LogP contribution in [0.4, 0.5) is 0 Å². The highest BCUT2D eigenvalue weighted by molar-refractivity contribution is 5.82. The highest BCUT2D eigenvalue weighted by Crippen LogP contribution is 2.32. The van der Waals surface area contributed by atoms with Gasteiger partial charge in [0.05, 0.1) is 5.56 Å². The van der Waals surface area contributed by atoms with Crippen molar-refractivity contribution in [1.29, 1.82) is 5.26 Å². The Morgan fingerprint density at radius 3 is 1.41 bits per heavy atom. The Balaban J connectivity index is 2.18. The molecular weight excluding hydrogens is 266 g/mol. The van der Waals surface area contributed by atoms with Gasteiger partial charge in [-0.05, 0) is 25.0 Å². The summed E-state index contributed by atoms with van der Waals surface area (Å²) in [5, 5.41) is 9.68. The molecular formula is C21H17N. The van der Waals surface area contributed by atoms with Crippen molar-refractivity contribution in [2.75, 3.05) is 0 Å². The van der Waals surface area contributed by atoms with E-state index in [0.29, 0.717) is 0 Å². The molecule has 0 aromatic heterocycles. The van der Waals surface area contributed by atoms with E-state index in [-0.39, 0.29) is 0 Å². The van der Waals surface area contributed by atoms with Crippen LogP contribution in [0.25, 0.3) is 22.3 Å². The lowest BCUT2D eigenvalue weighted by molar-refractivity contribution is 1.44. The van der Waals surface area contributed by atoms with Crippen LogP contribution < -0.4 is 0 Å². The van der Waals surface area contributed by atoms with Gasteiger partial charge in [0.1, 0.15) is 6.07 Å². The number of nitriles is 1. The molecule has 0 aliphatic carbocycles. The molecule has 0 fully saturated rings. The molecule has 3 aromatic rings. The van der Waals surface area contributed by atoms with Crippen LogP contribution in [0, 0.1) is 25.2 Å². The summed E-state index contributed by atoms with van der Waals surface area (Å²) in [6, 6.07) is 25.0. The summed E-state index contributed by atoms with van der Waals surface area (Å²) in [5.74, 6) is 0. The summed E-state index contributed by atoms with van der Waals surface area (Å²) in [7, 11) is 0. The molecule has 0 bridgehead atoms. The molecule has 0 saturated heterocycles. The van der Waals surface area contributed by atoms with E-state index in [1.165, 1.54) is 11.1 Å².